The van der Waals surface area contributed by atoms with Gasteiger partial charge in [0.25, 0.3) is 0 Å². The van der Waals surface area contributed by atoms with E-state index in [4.69, 9.17) is 23.2 Å². The van der Waals surface area contributed by atoms with E-state index in [1.165, 1.54) is 32.1 Å². The molecule has 0 aromatic carbocycles. The fraction of sp³-hybridized carbons (Fsp3) is 1.00. The Labute approximate surface area is 79.3 Å². The monoisotopic (exact) mass is 194 g/mol. The van der Waals surface area contributed by atoms with Crippen LogP contribution in [0.3, 0.4) is 0 Å². The first-order valence-corrected chi connectivity index (χ1v) is 5.46. The summed E-state index contributed by atoms with van der Waals surface area (Å²) in [6.45, 7) is 0. The molecule has 0 amide bonds. The molecule has 1 fully saturated rings. The van der Waals surface area contributed by atoms with E-state index in [9.17, 15) is 0 Å². The van der Waals surface area contributed by atoms with E-state index in [0.717, 1.165) is 12.8 Å². The lowest BCUT2D eigenvalue weighted by Crippen LogP contribution is -2.13. The third kappa shape index (κ3) is 3.66. The second kappa shape index (κ2) is 5.27. The average molecular weight is 195 g/mol. The molecule has 1 saturated carbocycles. The van der Waals surface area contributed by atoms with Crippen molar-refractivity contribution in [1.82, 2.24) is 0 Å². The minimum absolute atomic E-state index is 0.217. The Balaban J connectivity index is 2.29. The third-order valence-corrected chi connectivity index (χ3v) is 3.53. The van der Waals surface area contributed by atoms with Gasteiger partial charge in [-0.15, -0.1) is 23.2 Å². The first-order valence-electron chi connectivity index (χ1n) is 4.59. The summed E-state index contributed by atoms with van der Waals surface area (Å²) in [5.74, 6) is 0. The SMILES string of the molecule is ClC1CCCCCCCC1Cl. The molecule has 0 nitrogen and oxygen atoms in total. The highest BCUT2D eigenvalue weighted by Gasteiger charge is 2.16. The van der Waals surface area contributed by atoms with Crippen LogP contribution in [0.25, 0.3) is 0 Å². The standard InChI is InChI=1S/C9H16Cl2/c10-8-6-4-2-1-3-5-7-9(8)11/h8-9H,1-7H2. The summed E-state index contributed by atoms with van der Waals surface area (Å²) in [6.07, 6.45) is 8.78. The van der Waals surface area contributed by atoms with Gasteiger partial charge in [0, 0.05) is 10.8 Å². The quantitative estimate of drug-likeness (QED) is 0.513. The molecule has 2 unspecified atom stereocenters. The number of hydrogen-bond donors (Lipinski definition) is 0. The molecule has 0 heterocycles. The lowest BCUT2D eigenvalue weighted by molar-refractivity contribution is 0.625. The van der Waals surface area contributed by atoms with Crippen LogP contribution in [0.4, 0.5) is 0 Å². The van der Waals surface area contributed by atoms with E-state index in [1.807, 2.05) is 0 Å². The van der Waals surface area contributed by atoms with E-state index < -0.39 is 0 Å². The van der Waals surface area contributed by atoms with Crippen LogP contribution >= 0.6 is 23.2 Å². The Morgan fingerprint density at radius 2 is 1.00 bits per heavy atom. The minimum atomic E-state index is 0.217. The molecule has 0 N–H and O–H groups in total. The van der Waals surface area contributed by atoms with Crippen molar-refractivity contribution in [2.45, 2.75) is 55.7 Å². The molecular formula is C9H16Cl2. The van der Waals surface area contributed by atoms with Gasteiger partial charge in [0.2, 0.25) is 0 Å². The van der Waals surface area contributed by atoms with Crippen molar-refractivity contribution in [3.8, 4) is 0 Å². The smallest absolute Gasteiger partial charge is 0.0499 e. The van der Waals surface area contributed by atoms with Crippen LogP contribution in [0.1, 0.15) is 44.9 Å². The van der Waals surface area contributed by atoms with E-state index >= 15 is 0 Å². The molecular weight excluding hydrogens is 179 g/mol. The summed E-state index contributed by atoms with van der Waals surface area (Å²) in [6, 6.07) is 0. The molecule has 2 heteroatoms. The summed E-state index contributed by atoms with van der Waals surface area (Å²) in [5.41, 5.74) is 0. The Morgan fingerprint density at radius 1 is 0.636 bits per heavy atom. The summed E-state index contributed by atoms with van der Waals surface area (Å²) >= 11 is 12.2. The van der Waals surface area contributed by atoms with Gasteiger partial charge in [-0.1, -0.05) is 32.1 Å². The normalized spacial score (nSPS) is 35.5. The van der Waals surface area contributed by atoms with Gasteiger partial charge in [-0.3, -0.25) is 0 Å². The summed E-state index contributed by atoms with van der Waals surface area (Å²) in [4.78, 5) is 0. The molecule has 0 aromatic rings. The van der Waals surface area contributed by atoms with Crippen molar-refractivity contribution < 1.29 is 0 Å². The second-order valence-electron chi connectivity index (χ2n) is 3.38. The lowest BCUT2D eigenvalue weighted by Gasteiger charge is -2.13. The largest absolute Gasteiger partial charge is 0.121 e. The Morgan fingerprint density at radius 3 is 1.45 bits per heavy atom. The predicted octanol–water partition coefficient (Wildman–Crippen LogP) is 3.95. The molecule has 66 valence electrons. The van der Waals surface area contributed by atoms with Crippen molar-refractivity contribution in [1.29, 1.82) is 0 Å². The molecule has 1 aliphatic rings. The van der Waals surface area contributed by atoms with E-state index in [1.54, 1.807) is 0 Å². The summed E-state index contributed by atoms with van der Waals surface area (Å²) in [5, 5.41) is 0.435. The van der Waals surface area contributed by atoms with Crippen LogP contribution < -0.4 is 0 Å². The molecule has 1 aliphatic carbocycles. The Kier molecular flexibility index (Phi) is 4.63. The molecule has 0 aromatic heterocycles. The van der Waals surface area contributed by atoms with Gasteiger partial charge in [-0.2, -0.15) is 0 Å². The zero-order valence-corrected chi connectivity index (χ0v) is 8.37. The second-order valence-corrected chi connectivity index (χ2v) is 4.50. The molecule has 0 bridgehead atoms. The molecule has 1 rings (SSSR count). The summed E-state index contributed by atoms with van der Waals surface area (Å²) < 4.78 is 0. The first-order chi connectivity index (χ1) is 5.30. The van der Waals surface area contributed by atoms with Crippen molar-refractivity contribution in [2.75, 3.05) is 0 Å². The van der Waals surface area contributed by atoms with Crippen LogP contribution in [0.15, 0.2) is 0 Å². The van der Waals surface area contributed by atoms with Gasteiger partial charge in [-0.25, -0.2) is 0 Å². The number of halogens is 2. The topological polar surface area (TPSA) is 0 Å². The zero-order chi connectivity index (χ0) is 8.10. The van der Waals surface area contributed by atoms with Crippen LogP contribution in [0.5, 0.6) is 0 Å². The molecule has 0 saturated heterocycles. The minimum Gasteiger partial charge on any atom is -0.121 e. The van der Waals surface area contributed by atoms with Crippen molar-refractivity contribution in [2.24, 2.45) is 0 Å². The van der Waals surface area contributed by atoms with Crippen LogP contribution in [-0.4, -0.2) is 10.8 Å². The van der Waals surface area contributed by atoms with E-state index in [-0.39, 0.29) is 10.8 Å². The molecule has 0 aliphatic heterocycles. The fourth-order valence-electron chi connectivity index (χ4n) is 1.57. The maximum absolute atomic E-state index is 6.08. The molecule has 0 spiro atoms. The zero-order valence-electron chi connectivity index (χ0n) is 6.86. The maximum atomic E-state index is 6.08. The maximum Gasteiger partial charge on any atom is 0.0499 e. The highest BCUT2D eigenvalue weighted by Crippen LogP contribution is 2.24. The van der Waals surface area contributed by atoms with Gasteiger partial charge >= 0.3 is 0 Å². The number of alkyl halides is 2. The molecule has 2 atom stereocenters. The molecule has 0 radical (unpaired) electrons. The van der Waals surface area contributed by atoms with Crippen molar-refractivity contribution >= 4 is 23.2 Å². The van der Waals surface area contributed by atoms with E-state index in [0.29, 0.717) is 0 Å². The van der Waals surface area contributed by atoms with Gasteiger partial charge in [0.15, 0.2) is 0 Å². The predicted molar refractivity (Wildman–Crippen MR) is 51.6 cm³/mol. The van der Waals surface area contributed by atoms with Gasteiger partial charge in [0.1, 0.15) is 0 Å². The highest BCUT2D eigenvalue weighted by molar-refractivity contribution is 6.29. The number of rotatable bonds is 0. The number of hydrogen-bond acceptors (Lipinski definition) is 0. The average Bonchev–Trinajstić information content (AvgIpc) is 2.07. The van der Waals surface area contributed by atoms with Crippen LogP contribution in [0, 0.1) is 0 Å². The van der Waals surface area contributed by atoms with Crippen LogP contribution in [0.2, 0.25) is 0 Å². The van der Waals surface area contributed by atoms with Crippen molar-refractivity contribution in [3.05, 3.63) is 0 Å². The first kappa shape index (κ1) is 9.67. The third-order valence-electron chi connectivity index (χ3n) is 2.35. The van der Waals surface area contributed by atoms with Gasteiger partial charge < -0.3 is 0 Å². The van der Waals surface area contributed by atoms with Gasteiger partial charge in [-0.05, 0) is 12.8 Å². The van der Waals surface area contributed by atoms with Crippen molar-refractivity contribution in [3.63, 3.8) is 0 Å². The molecule has 11 heavy (non-hydrogen) atoms. The summed E-state index contributed by atoms with van der Waals surface area (Å²) in [7, 11) is 0. The lowest BCUT2D eigenvalue weighted by atomic mass is 10.1. The Bertz CT molecular complexity index is 91.7. The van der Waals surface area contributed by atoms with E-state index in [2.05, 4.69) is 0 Å². The van der Waals surface area contributed by atoms with Gasteiger partial charge in [0.05, 0.1) is 0 Å². The van der Waals surface area contributed by atoms with Crippen LogP contribution in [-0.2, 0) is 0 Å². The fourth-order valence-corrected chi connectivity index (χ4v) is 2.13. The Hall–Kier alpha value is 0.580. The highest BCUT2D eigenvalue weighted by atomic mass is 35.5.